The van der Waals surface area contributed by atoms with Gasteiger partial charge in [-0.2, -0.15) is 0 Å². The van der Waals surface area contributed by atoms with E-state index in [0.29, 0.717) is 6.61 Å². The molecule has 1 N–H and O–H groups in total. The zero-order chi connectivity index (χ0) is 12.2. The lowest BCUT2D eigenvalue weighted by molar-refractivity contribution is 0.0171. The Morgan fingerprint density at radius 3 is 2.31 bits per heavy atom. The molecule has 0 heterocycles. The Balaban J connectivity index is 3.32. The number of nitrogens with zero attached hydrogens (tertiary/aromatic N) is 1. The van der Waals surface area contributed by atoms with Crippen molar-refractivity contribution in [2.24, 2.45) is 0 Å². The SMILES string of the molecule is CCCCCCOCC(O)CN(CC)CC. The van der Waals surface area contributed by atoms with E-state index in [4.69, 9.17) is 4.74 Å². The molecule has 0 saturated heterocycles. The summed E-state index contributed by atoms with van der Waals surface area (Å²) >= 11 is 0. The first-order valence-corrected chi connectivity index (χ1v) is 6.72. The molecule has 1 atom stereocenters. The minimum absolute atomic E-state index is 0.342. The lowest BCUT2D eigenvalue weighted by Gasteiger charge is -2.21. The number of rotatable bonds is 11. The maximum Gasteiger partial charge on any atom is 0.0900 e. The Labute approximate surface area is 101 Å². The highest BCUT2D eigenvalue weighted by Crippen LogP contribution is 2.00. The van der Waals surface area contributed by atoms with Gasteiger partial charge in [0.05, 0.1) is 12.7 Å². The van der Waals surface area contributed by atoms with Crippen LogP contribution in [0.3, 0.4) is 0 Å². The largest absolute Gasteiger partial charge is 0.389 e. The van der Waals surface area contributed by atoms with E-state index in [1.165, 1.54) is 19.3 Å². The number of hydrogen-bond donors (Lipinski definition) is 1. The second-order valence-corrected chi connectivity index (χ2v) is 4.28. The lowest BCUT2D eigenvalue weighted by Crippen LogP contribution is -2.34. The molecular weight excluding hydrogens is 202 g/mol. The number of hydrogen-bond acceptors (Lipinski definition) is 3. The van der Waals surface area contributed by atoms with Crippen LogP contribution in [0.4, 0.5) is 0 Å². The van der Waals surface area contributed by atoms with Crippen molar-refractivity contribution in [3.63, 3.8) is 0 Å². The average Bonchev–Trinajstić information content (AvgIpc) is 2.30. The molecule has 0 aliphatic rings. The molecule has 0 aliphatic carbocycles. The van der Waals surface area contributed by atoms with Gasteiger partial charge in [-0.05, 0) is 19.5 Å². The smallest absolute Gasteiger partial charge is 0.0900 e. The van der Waals surface area contributed by atoms with Crippen LogP contribution in [-0.4, -0.2) is 49.0 Å². The van der Waals surface area contributed by atoms with E-state index in [1.807, 2.05) is 0 Å². The summed E-state index contributed by atoms with van der Waals surface area (Å²) in [5.74, 6) is 0. The zero-order valence-electron chi connectivity index (χ0n) is 11.2. The third-order valence-electron chi connectivity index (χ3n) is 2.82. The van der Waals surface area contributed by atoms with E-state index in [0.717, 1.165) is 32.7 Å². The Bertz CT molecular complexity index is 138. The van der Waals surface area contributed by atoms with Crippen molar-refractivity contribution in [2.75, 3.05) is 32.8 Å². The van der Waals surface area contributed by atoms with Crippen LogP contribution in [0.1, 0.15) is 46.5 Å². The molecule has 0 saturated carbocycles. The van der Waals surface area contributed by atoms with Gasteiger partial charge in [-0.1, -0.05) is 40.0 Å². The minimum Gasteiger partial charge on any atom is -0.389 e. The fraction of sp³-hybridized carbons (Fsp3) is 1.00. The fourth-order valence-corrected chi connectivity index (χ4v) is 1.68. The molecule has 1 unspecified atom stereocenters. The Morgan fingerprint density at radius 2 is 1.75 bits per heavy atom. The highest BCUT2D eigenvalue weighted by atomic mass is 16.5. The van der Waals surface area contributed by atoms with Gasteiger partial charge in [-0.3, -0.25) is 0 Å². The fourth-order valence-electron chi connectivity index (χ4n) is 1.68. The van der Waals surface area contributed by atoms with Crippen LogP contribution >= 0.6 is 0 Å². The molecule has 0 aromatic heterocycles. The summed E-state index contributed by atoms with van der Waals surface area (Å²) in [6.07, 6.45) is 4.55. The first-order chi connectivity index (χ1) is 7.74. The summed E-state index contributed by atoms with van der Waals surface area (Å²) in [5, 5.41) is 9.72. The van der Waals surface area contributed by atoms with Crippen molar-refractivity contribution in [1.82, 2.24) is 4.90 Å². The number of ether oxygens (including phenoxy) is 1. The number of unbranched alkanes of at least 4 members (excludes halogenated alkanes) is 3. The van der Waals surface area contributed by atoms with Gasteiger partial charge in [0, 0.05) is 13.2 Å². The normalized spacial score (nSPS) is 13.3. The van der Waals surface area contributed by atoms with Gasteiger partial charge in [0.25, 0.3) is 0 Å². The van der Waals surface area contributed by atoms with Crippen LogP contribution in [-0.2, 0) is 4.74 Å². The summed E-state index contributed by atoms with van der Waals surface area (Å²) in [5.41, 5.74) is 0. The maximum absolute atomic E-state index is 9.72. The summed E-state index contributed by atoms with van der Waals surface area (Å²) in [4.78, 5) is 2.21. The molecule has 3 nitrogen and oxygen atoms in total. The third kappa shape index (κ3) is 9.13. The highest BCUT2D eigenvalue weighted by molar-refractivity contribution is 4.61. The molecule has 0 spiro atoms. The number of aliphatic hydroxyl groups excluding tert-OH is 1. The van der Waals surface area contributed by atoms with Crippen molar-refractivity contribution in [1.29, 1.82) is 0 Å². The quantitative estimate of drug-likeness (QED) is 0.554. The molecule has 98 valence electrons. The van der Waals surface area contributed by atoms with Crippen LogP contribution in [0.5, 0.6) is 0 Å². The van der Waals surface area contributed by atoms with Crippen LogP contribution in [0.15, 0.2) is 0 Å². The van der Waals surface area contributed by atoms with E-state index < -0.39 is 0 Å². The van der Waals surface area contributed by atoms with Crippen LogP contribution in [0, 0.1) is 0 Å². The van der Waals surface area contributed by atoms with E-state index >= 15 is 0 Å². The average molecular weight is 231 g/mol. The molecule has 0 amide bonds. The Morgan fingerprint density at radius 1 is 1.06 bits per heavy atom. The molecule has 16 heavy (non-hydrogen) atoms. The van der Waals surface area contributed by atoms with E-state index in [1.54, 1.807) is 0 Å². The van der Waals surface area contributed by atoms with E-state index in [9.17, 15) is 5.11 Å². The first kappa shape index (κ1) is 15.9. The van der Waals surface area contributed by atoms with Crippen LogP contribution in [0.2, 0.25) is 0 Å². The molecule has 0 bridgehead atoms. The molecule has 0 fully saturated rings. The van der Waals surface area contributed by atoms with Crippen molar-refractivity contribution in [3.05, 3.63) is 0 Å². The van der Waals surface area contributed by atoms with Gasteiger partial charge >= 0.3 is 0 Å². The van der Waals surface area contributed by atoms with E-state index in [-0.39, 0.29) is 6.10 Å². The summed E-state index contributed by atoms with van der Waals surface area (Å²) in [7, 11) is 0. The van der Waals surface area contributed by atoms with Gasteiger partial charge in [0.2, 0.25) is 0 Å². The third-order valence-corrected chi connectivity index (χ3v) is 2.82. The summed E-state index contributed by atoms with van der Waals surface area (Å²) < 4.78 is 5.46. The molecule has 0 aromatic rings. The Kier molecular flexibility index (Phi) is 11.3. The minimum atomic E-state index is -0.342. The van der Waals surface area contributed by atoms with E-state index in [2.05, 4.69) is 25.7 Å². The predicted molar refractivity (Wildman–Crippen MR) is 68.8 cm³/mol. The molecule has 0 rings (SSSR count). The second kappa shape index (κ2) is 11.4. The molecule has 0 aliphatic heterocycles. The van der Waals surface area contributed by atoms with Crippen molar-refractivity contribution < 1.29 is 9.84 Å². The monoisotopic (exact) mass is 231 g/mol. The summed E-state index contributed by atoms with van der Waals surface area (Å²) in [6.45, 7) is 10.4. The lowest BCUT2D eigenvalue weighted by atomic mass is 10.2. The van der Waals surface area contributed by atoms with Gasteiger partial charge in [0.15, 0.2) is 0 Å². The zero-order valence-corrected chi connectivity index (χ0v) is 11.2. The Hall–Kier alpha value is -0.120. The maximum atomic E-state index is 9.72. The van der Waals surface area contributed by atoms with Crippen molar-refractivity contribution in [2.45, 2.75) is 52.6 Å². The van der Waals surface area contributed by atoms with Gasteiger partial charge in [-0.25, -0.2) is 0 Å². The van der Waals surface area contributed by atoms with Crippen LogP contribution in [0.25, 0.3) is 0 Å². The molecule has 0 aromatic carbocycles. The van der Waals surface area contributed by atoms with Gasteiger partial charge in [-0.15, -0.1) is 0 Å². The highest BCUT2D eigenvalue weighted by Gasteiger charge is 2.08. The van der Waals surface area contributed by atoms with Gasteiger partial charge in [0.1, 0.15) is 0 Å². The molecular formula is C13H29NO2. The second-order valence-electron chi connectivity index (χ2n) is 4.28. The van der Waals surface area contributed by atoms with Crippen molar-refractivity contribution >= 4 is 0 Å². The van der Waals surface area contributed by atoms with Crippen molar-refractivity contribution in [3.8, 4) is 0 Å². The predicted octanol–water partition coefficient (Wildman–Crippen LogP) is 2.29. The van der Waals surface area contributed by atoms with Gasteiger partial charge < -0.3 is 14.7 Å². The molecule has 0 radical (unpaired) electrons. The number of aliphatic hydroxyl groups is 1. The standard InChI is InChI=1S/C13H29NO2/c1-4-7-8-9-10-16-12-13(15)11-14(5-2)6-3/h13,15H,4-12H2,1-3H3. The summed E-state index contributed by atoms with van der Waals surface area (Å²) in [6, 6.07) is 0. The first-order valence-electron chi connectivity index (χ1n) is 6.72. The topological polar surface area (TPSA) is 32.7 Å². The van der Waals surface area contributed by atoms with Crippen LogP contribution < -0.4 is 0 Å². The number of likely N-dealkylation sites (N-methyl/N-ethyl adjacent to an activating group) is 1. The molecule has 3 heteroatoms.